The molecule has 0 amide bonds. The Morgan fingerprint density at radius 1 is 1.26 bits per heavy atom. The Bertz CT molecular complexity index is 666. The first-order chi connectivity index (χ1) is 11.2. The summed E-state index contributed by atoms with van der Waals surface area (Å²) in [5.41, 5.74) is 0. The second kappa shape index (κ2) is 6.30. The van der Waals surface area contributed by atoms with Gasteiger partial charge < -0.3 is 14.7 Å². The van der Waals surface area contributed by atoms with Crippen molar-refractivity contribution in [3.05, 3.63) is 40.9 Å². The average molecular weight is 351 g/mol. The van der Waals surface area contributed by atoms with Crippen molar-refractivity contribution in [3.63, 3.8) is 0 Å². The Morgan fingerprint density at radius 2 is 2.09 bits per heavy atom. The quantitative estimate of drug-likeness (QED) is 0.921. The molecule has 1 saturated carbocycles. The van der Waals surface area contributed by atoms with Crippen LogP contribution in [0.2, 0.25) is 5.02 Å². The minimum absolute atomic E-state index is 0.161. The van der Waals surface area contributed by atoms with E-state index >= 15 is 0 Å². The van der Waals surface area contributed by atoms with Gasteiger partial charge in [-0.25, -0.2) is 4.98 Å². The Labute approximate surface area is 144 Å². The van der Waals surface area contributed by atoms with Crippen LogP contribution in [0.1, 0.15) is 12.8 Å². The highest BCUT2D eigenvalue weighted by Gasteiger charge is 2.43. The molecule has 0 radical (unpaired) electrons. The molecule has 23 heavy (non-hydrogen) atoms. The Balaban J connectivity index is 1.44. The molecule has 2 heterocycles. The van der Waals surface area contributed by atoms with Crippen molar-refractivity contribution in [3.8, 4) is 5.75 Å². The zero-order chi connectivity index (χ0) is 15.8. The molecule has 1 N–H and O–H groups in total. The van der Waals surface area contributed by atoms with Crippen LogP contribution in [-0.2, 0) is 0 Å². The summed E-state index contributed by atoms with van der Waals surface area (Å²) in [5.74, 6) is 1.80. The molecule has 2 aromatic rings. The van der Waals surface area contributed by atoms with Crippen molar-refractivity contribution < 1.29 is 9.84 Å². The first-order valence-electron chi connectivity index (χ1n) is 7.94. The largest absolute Gasteiger partial charge is 0.488 e. The van der Waals surface area contributed by atoms with Gasteiger partial charge >= 0.3 is 0 Å². The fraction of sp³-hybridized carbons (Fsp3) is 0.471. The molecule has 1 saturated heterocycles. The van der Waals surface area contributed by atoms with Crippen LogP contribution >= 0.6 is 22.9 Å². The number of thiazole rings is 1. The molecule has 2 fully saturated rings. The van der Waals surface area contributed by atoms with E-state index in [0.29, 0.717) is 16.9 Å². The van der Waals surface area contributed by atoms with Crippen molar-refractivity contribution in [2.75, 3.05) is 18.0 Å². The monoisotopic (exact) mass is 350 g/mol. The number of aliphatic hydroxyl groups excluding tert-OH is 1. The van der Waals surface area contributed by atoms with Crippen LogP contribution in [0, 0.1) is 11.8 Å². The number of aromatic nitrogens is 1. The highest BCUT2D eigenvalue weighted by molar-refractivity contribution is 7.13. The van der Waals surface area contributed by atoms with Gasteiger partial charge in [-0.1, -0.05) is 17.7 Å². The van der Waals surface area contributed by atoms with Gasteiger partial charge in [0.2, 0.25) is 0 Å². The van der Waals surface area contributed by atoms with Gasteiger partial charge in [0.05, 0.1) is 6.10 Å². The standard InChI is InChI=1S/C17H19ClN2O2S/c18-13-2-1-3-14(8-13)22-16-7-12-10-20(17-19-4-5-23-17)9-11(12)6-15(16)21/h1-5,8,11-12,15-16,21H,6-7,9-10H2/t11-,12+,15+,16+/m0/s1. The summed E-state index contributed by atoms with van der Waals surface area (Å²) in [6.45, 7) is 1.99. The molecule has 122 valence electrons. The molecule has 1 aliphatic carbocycles. The third kappa shape index (κ3) is 3.18. The third-order valence-electron chi connectivity index (χ3n) is 4.86. The van der Waals surface area contributed by atoms with E-state index < -0.39 is 6.10 Å². The summed E-state index contributed by atoms with van der Waals surface area (Å²) in [7, 11) is 0. The Kier molecular flexibility index (Phi) is 4.18. The van der Waals surface area contributed by atoms with Gasteiger partial charge in [-0.3, -0.25) is 0 Å². The van der Waals surface area contributed by atoms with Gasteiger partial charge in [0.1, 0.15) is 11.9 Å². The number of benzene rings is 1. The first-order valence-corrected chi connectivity index (χ1v) is 9.19. The third-order valence-corrected chi connectivity index (χ3v) is 5.93. The maximum Gasteiger partial charge on any atom is 0.185 e. The highest BCUT2D eigenvalue weighted by atomic mass is 35.5. The number of fused-ring (bicyclic) bond motifs is 1. The SMILES string of the molecule is O[C@@H]1C[C@H]2CN(c3nccs3)C[C@H]2C[C@H]1Oc1cccc(Cl)c1. The van der Waals surface area contributed by atoms with Gasteiger partial charge in [-0.15, -0.1) is 11.3 Å². The number of hydrogen-bond donors (Lipinski definition) is 1. The van der Waals surface area contributed by atoms with Crippen LogP contribution in [0.5, 0.6) is 5.75 Å². The van der Waals surface area contributed by atoms with E-state index in [-0.39, 0.29) is 6.10 Å². The number of halogens is 1. The number of anilines is 1. The van der Waals surface area contributed by atoms with Gasteiger partial charge in [-0.2, -0.15) is 0 Å². The molecule has 6 heteroatoms. The summed E-state index contributed by atoms with van der Waals surface area (Å²) >= 11 is 7.69. The van der Waals surface area contributed by atoms with E-state index in [1.54, 1.807) is 17.4 Å². The van der Waals surface area contributed by atoms with Gasteiger partial charge in [0.15, 0.2) is 5.13 Å². The highest BCUT2D eigenvalue weighted by Crippen LogP contribution is 2.40. The molecule has 4 atom stereocenters. The van der Waals surface area contributed by atoms with Crippen molar-refractivity contribution in [1.82, 2.24) is 4.98 Å². The Morgan fingerprint density at radius 3 is 2.83 bits per heavy atom. The molecular formula is C17H19ClN2O2S. The van der Waals surface area contributed by atoms with Crippen molar-refractivity contribution in [2.24, 2.45) is 11.8 Å². The first kappa shape index (κ1) is 15.2. The normalized spacial score (nSPS) is 30.3. The molecular weight excluding hydrogens is 332 g/mol. The number of ether oxygens (including phenoxy) is 1. The van der Waals surface area contributed by atoms with Crippen molar-refractivity contribution in [1.29, 1.82) is 0 Å². The lowest BCUT2D eigenvalue weighted by Crippen LogP contribution is -2.42. The molecule has 1 aliphatic heterocycles. The van der Waals surface area contributed by atoms with Crippen molar-refractivity contribution >= 4 is 28.1 Å². The molecule has 2 aliphatic rings. The maximum absolute atomic E-state index is 10.5. The van der Waals surface area contributed by atoms with E-state index in [4.69, 9.17) is 16.3 Å². The number of hydrogen-bond acceptors (Lipinski definition) is 5. The second-order valence-electron chi connectivity index (χ2n) is 6.39. The van der Waals surface area contributed by atoms with E-state index in [0.717, 1.165) is 36.8 Å². The van der Waals surface area contributed by atoms with Crippen LogP contribution in [0.3, 0.4) is 0 Å². The van der Waals surface area contributed by atoms with Crippen LogP contribution in [0.4, 0.5) is 5.13 Å². The molecule has 4 rings (SSSR count). The van der Waals surface area contributed by atoms with Gasteiger partial charge in [0.25, 0.3) is 0 Å². The molecule has 4 nitrogen and oxygen atoms in total. The van der Waals surface area contributed by atoms with E-state index in [1.807, 2.05) is 29.8 Å². The lowest BCUT2D eigenvalue weighted by atomic mass is 9.78. The predicted octanol–water partition coefficient (Wildman–Crippen LogP) is 3.45. The number of nitrogens with zero attached hydrogens (tertiary/aromatic N) is 2. The summed E-state index contributed by atoms with van der Waals surface area (Å²) in [6, 6.07) is 7.39. The molecule has 1 aromatic heterocycles. The van der Waals surface area contributed by atoms with Crippen LogP contribution < -0.4 is 9.64 Å². The van der Waals surface area contributed by atoms with E-state index in [9.17, 15) is 5.11 Å². The zero-order valence-corrected chi connectivity index (χ0v) is 14.2. The molecule has 0 spiro atoms. The topological polar surface area (TPSA) is 45.6 Å². The minimum Gasteiger partial charge on any atom is -0.488 e. The molecule has 0 unspecified atom stereocenters. The van der Waals surface area contributed by atoms with E-state index in [1.165, 1.54) is 0 Å². The molecule has 1 aromatic carbocycles. The Hall–Kier alpha value is -1.30. The number of rotatable bonds is 3. The zero-order valence-electron chi connectivity index (χ0n) is 12.6. The average Bonchev–Trinajstić information content (AvgIpc) is 3.16. The lowest BCUT2D eigenvalue weighted by molar-refractivity contribution is -0.0231. The second-order valence-corrected chi connectivity index (χ2v) is 7.70. The fourth-order valence-corrected chi connectivity index (χ4v) is 4.60. The van der Waals surface area contributed by atoms with Crippen LogP contribution in [0.15, 0.2) is 35.8 Å². The summed E-state index contributed by atoms with van der Waals surface area (Å²) in [4.78, 5) is 6.75. The van der Waals surface area contributed by atoms with Crippen LogP contribution in [0.25, 0.3) is 0 Å². The van der Waals surface area contributed by atoms with E-state index in [2.05, 4.69) is 9.88 Å². The summed E-state index contributed by atoms with van der Waals surface area (Å²) in [5, 5.41) is 14.2. The smallest absolute Gasteiger partial charge is 0.185 e. The summed E-state index contributed by atoms with van der Waals surface area (Å²) < 4.78 is 6.02. The fourth-order valence-electron chi connectivity index (χ4n) is 3.76. The van der Waals surface area contributed by atoms with Crippen molar-refractivity contribution in [2.45, 2.75) is 25.0 Å². The minimum atomic E-state index is -0.425. The lowest BCUT2D eigenvalue weighted by Gasteiger charge is -2.35. The number of aliphatic hydroxyl groups is 1. The predicted molar refractivity (Wildman–Crippen MR) is 92.4 cm³/mol. The van der Waals surface area contributed by atoms with Gasteiger partial charge in [0, 0.05) is 29.7 Å². The maximum atomic E-state index is 10.5. The molecule has 0 bridgehead atoms. The summed E-state index contributed by atoms with van der Waals surface area (Å²) in [6.07, 6.45) is 2.93. The van der Waals surface area contributed by atoms with Gasteiger partial charge in [-0.05, 0) is 42.9 Å². The van der Waals surface area contributed by atoms with Crippen LogP contribution in [-0.4, -0.2) is 35.4 Å².